The van der Waals surface area contributed by atoms with Gasteiger partial charge in [0.2, 0.25) is 0 Å². The molecule has 0 aliphatic heterocycles. The van der Waals surface area contributed by atoms with Crippen LogP contribution in [0.4, 0.5) is 0 Å². The topological polar surface area (TPSA) is 145 Å². The SMILES string of the molecule is N#Cc1nc(C(=O)N[C@@H](CC(=O)O)c2cccnc2)c(O)c2ccc(Oc3ccccc3)cc12. The summed E-state index contributed by atoms with van der Waals surface area (Å²) in [6, 6.07) is 18.0. The van der Waals surface area contributed by atoms with Crippen LogP contribution in [0, 0.1) is 11.3 Å². The predicted molar refractivity (Wildman–Crippen MR) is 121 cm³/mol. The van der Waals surface area contributed by atoms with Gasteiger partial charge in [-0.2, -0.15) is 5.26 Å². The molecule has 0 saturated heterocycles. The van der Waals surface area contributed by atoms with Crippen LogP contribution in [0.2, 0.25) is 0 Å². The van der Waals surface area contributed by atoms with E-state index < -0.39 is 30.1 Å². The maximum Gasteiger partial charge on any atom is 0.305 e. The van der Waals surface area contributed by atoms with Gasteiger partial charge in [-0.05, 0) is 42.0 Å². The number of rotatable bonds is 7. The van der Waals surface area contributed by atoms with E-state index >= 15 is 0 Å². The summed E-state index contributed by atoms with van der Waals surface area (Å²) in [5.74, 6) is -1.37. The molecule has 0 radical (unpaired) electrons. The number of fused-ring (bicyclic) bond motifs is 1. The summed E-state index contributed by atoms with van der Waals surface area (Å²) in [6.45, 7) is 0. The molecule has 1 amide bonds. The first kappa shape index (κ1) is 22.2. The Morgan fingerprint density at radius 3 is 2.53 bits per heavy atom. The number of aromatic nitrogens is 2. The van der Waals surface area contributed by atoms with Crippen LogP contribution in [-0.2, 0) is 4.79 Å². The van der Waals surface area contributed by atoms with E-state index in [0.717, 1.165) is 0 Å². The molecule has 2 aromatic heterocycles. The van der Waals surface area contributed by atoms with Crippen LogP contribution in [0.15, 0.2) is 73.1 Å². The lowest BCUT2D eigenvalue weighted by Crippen LogP contribution is -2.31. The van der Waals surface area contributed by atoms with Crippen LogP contribution >= 0.6 is 0 Å². The minimum Gasteiger partial charge on any atom is -0.505 e. The summed E-state index contributed by atoms with van der Waals surface area (Å²) in [7, 11) is 0. The molecule has 0 fully saturated rings. The molecule has 0 aliphatic carbocycles. The van der Waals surface area contributed by atoms with Crippen molar-refractivity contribution in [2.45, 2.75) is 12.5 Å². The molecule has 0 bridgehead atoms. The highest BCUT2D eigenvalue weighted by atomic mass is 16.5. The second-order valence-electron chi connectivity index (χ2n) is 7.30. The third kappa shape index (κ3) is 4.76. The molecule has 1 atom stereocenters. The molecule has 0 spiro atoms. The smallest absolute Gasteiger partial charge is 0.305 e. The molecule has 168 valence electrons. The van der Waals surface area contributed by atoms with Gasteiger partial charge in [-0.15, -0.1) is 0 Å². The molecule has 2 aromatic carbocycles. The number of aliphatic carboxylic acids is 1. The Hall–Kier alpha value is -4.97. The number of carboxylic acids is 1. The molecule has 0 saturated carbocycles. The fraction of sp³-hybridized carbons (Fsp3) is 0.0800. The summed E-state index contributed by atoms with van der Waals surface area (Å²) in [6.07, 6.45) is 2.56. The number of amides is 1. The number of nitrogens with zero attached hydrogens (tertiary/aromatic N) is 3. The molecule has 2 heterocycles. The maximum atomic E-state index is 13.0. The van der Waals surface area contributed by atoms with Gasteiger partial charge in [0, 0.05) is 23.2 Å². The highest BCUT2D eigenvalue weighted by Gasteiger charge is 2.24. The third-order valence-corrected chi connectivity index (χ3v) is 5.02. The van der Waals surface area contributed by atoms with E-state index in [4.69, 9.17) is 4.74 Å². The average molecular weight is 454 g/mol. The number of hydrogen-bond acceptors (Lipinski definition) is 7. The van der Waals surface area contributed by atoms with Crippen LogP contribution in [0.3, 0.4) is 0 Å². The zero-order valence-corrected chi connectivity index (χ0v) is 17.7. The van der Waals surface area contributed by atoms with Crippen molar-refractivity contribution < 1.29 is 24.5 Å². The van der Waals surface area contributed by atoms with E-state index in [0.29, 0.717) is 22.4 Å². The van der Waals surface area contributed by atoms with Gasteiger partial charge in [-0.1, -0.05) is 24.3 Å². The number of carbonyl (C=O) groups is 2. The van der Waals surface area contributed by atoms with Gasteiger partial charge in [0.05, 0.1) is 12.5 Å². The fourth-order valence-electron chi connectivity index (χ4n) is 3.45. The van der Waals surface area contributed by atoms with Crippen LogP contribution in [0.1, 0.15) is 34.2 Å². The predicted octanol–water partition coefficient (Wildman–Crippen LogP) is 3.95. The van der Waals surface area contributed by atoms with Gasteiger partial charge >= 0.3 is 5.97 Å². The number of carboxylic acid groups (broad SMARTS) is 1. The van der Waals surface area contributed by atoms with Crippen molar-refractivity contribution in [2.24, 2.45) is 0 Å². The van der Waals surface area contributed by atoms with Crippen molar-refractivity contribution in [1.82, 2.24) is 15.3 Å². The summed E-state index contributed by atoms with van der Waals surface area (Å²) < 4.78 is 5.78. The summed E-state index contributed by atoms with van der Waals surface area (Å²) in [5.41, 5.74) is -0.00517. The van der Waals surface area contributed by atoms with Crippen molar-refractivity contribution in [3.8, 4) is 23.3 Å². The number of ether oxygens (including phenoxy) is 1. The Balaban J connectivity index is 1.69. The van der Waals surface area contributed by atoms with E-state index in [2.05, 4.69) is 15.3 Å². The van der Waals surface area contributed by atoms with Gasteiger partial charge < -0.3 is 20.3 Å². The fourth-order valence-corrected chi connectivity index (χ4v) is 3.45. The molecular formula is C25H18N4O5. The quantitative estimate of drug-likeness (QED) is 0.381. The van der Waals surface area contributed by atoms with Gasteiger partial charge in [-0.3, -0.25) is 14.6 Å². The van der Waals surface area contributed by atoms with Crippen LogP contribution in [-0.4, -0.2) is 32.1 Å². The van der Waals surface area contributed by atoms with Crippen LogP contribution < -0.4 is 10.1 Å². The number of hydrogen-bond donors (Lipinski definition) is 3. The molecule has 4 aromatic rings. The highest BCUT2D eigenvalue weighted by Crippen LogP contribution is 2.34. The van der Waals surface area contributed by atoms with Crippen molar-refractivity contribution in [3.05, 3.63) is 90.0 Å². The van der Waals surface area contributed by atoms with E-state index in [-0.39, 0.29) is 16.8 Å². The Kier molecular flexibility index (Phi) is 6.32. The summed E-state index contributed by atoms with van der Waals surface area (Å²) in [4.78, 5) is 32.3. The molecule has 9 heteroatoms. The largest absolute Gasteiger partial charge is 0.505 e. The molecule has 9 nitrogen and oxygen atoms in total. The standard InChI is InChI=1S/C25H18N4O5/c26-13-21-19-11-17(34-16-6-2-1-3-7-16)8-9-18(19)24(32)23(28-21)25(33)29-20(12-22(30)31)15-5-4-10-27-14-15/h1-11,14,20,32H,12H2,(H,29,33)(H,30,31)/t20-/m0/s1. The number of benzene rings is 2. The van der Waals surface area contributed by atoms with Crippen molar-refractivity contribution in [2.75, 3.05) is 0 Å². The maximum absolute atomic E-state index is 13.0. The van der Waals surface area contributed by atoms with E-state index in [1.807, 2.05) is 24.3 Å². The Morgan fingerprint density at radius 2 is 1.85 bits per heavy atom. The minimum atomic E-state index is -1.13. The Morgan fingerprint density at radius 1 is 1.06 bits per heavy atom. The molecule has 4 rings (SSSR count). The van der Waals surface area contributed by atoms with Crippen LogP contribution in [0.25, 0.3) is 10.8 Å². The second-order valence-corrected chi connectivity index (χ2v) is 7.30. The molecule has 0 unspecified atom stereocenters. The number of pyridine rings is 2. The average Bonchev–Trinajstić information content (AvgIpc) is 2.85. The first-order valence-corrected chi connectivity index (χ1v) is 10.2. The number of nitriles is 1. The molecule has 3 N–H and O–H groups in total. The van der Waals surface area contributed by atoms with Crippen molar-refractivity contribution in [1.29, 1.82) is 5.26 Å². The minimum absolute atomic E-state index is 0.0902. The normalized spacial score (nSPS) is 11.4. The van der Waals surface area contributed by atoms with E-state index in [1.54, 1.807) is 36.4 Å². The molecular weight excluding hydrogens is 436 g/mol. The van der Waals surface area contributed by atoms with E-state index in [1.165, 1.54) is 18.5 Å². The third-order valence-electron chi connectivity index (χ3n) is 5.02. The summed E-state index contributed by atoms with van der Waals surface area (Å²) in [5, 5.41) is 32.8. The van der Waals surface area contributed by atoms with Gasteiger partial charge in [-0.25, -0.2) is 4.98 Å². The number of para-hydroxylation sites is 1. The molecule has 34 heavy (non-hydrogen) atoms. The van der Waals surface area contributed by atoms with Crippen molar-refractivity contribution in [3.63, 3.8) is 0 Å². The van der Waals surface area contributed by atoms with Crippen molar-refractivity contribution >= 4 is 22.6 Å². The van der Waals surface area contributed by atoms with E-state index in [9.17, 15) is 25.1 Å². The highest BCUT2D eigenvalue weighted by molar-refractivity contribution is 6.03. The zero-order chi connectivity index (χ0) is 24.1. The first-order chi connectivity index (χ1) is 16.5. The lowest BCUT2D eigenvalue weighted by atomic mass is 10.0. The Bertz CT molecular complexity index is 1400. The second kappa shape index (κ2) is 9.67. The summed E-state index contributed by atoms with van der Waals surface area (Å²) >= 11 is 0. The van der Waals surface area contributed by atoms with Gasteiger partial charge in [0.15, 0.2) is 11.4 Å². The molecule has 0 aliphatic rings. The Labute approximate surface area is 193 Å². The lowest BCUT2D eigenvalue weighted by molar-refractivity contribution is -0.137. The zero-order valence-electron chi connectivity index (χ0n) is 17.7. The number of aromatic hydroxyl groups is 1. The number of carbonyl (C=O) groups excluding carboxylic acids is 1. The number of nitrogens with one attached hydrogen (secondary N) is 1. The lowest BCUT2D eigenvalue weighted by Gasteiger charge is -2.18. The van der Waals surface area contributed by atoms with Gasteiger partial charge in [0.1, 0.15) is 23.3 Å². The monoisotopic (exact) mass is 454 g/mol. The van der Waals surface area contributed by atoms with Crippen LogP contribution in [0.5, 0.6) is 17.2 Å². The van der Waals surface area contributed by atoms with Gasteiger partial charge in [0.25, 0.3) is 5.91 Å². The first-order valence-electron chi connectivity index (χ1n) is 10.2.